The second kappa shape index (κ2) is 7.12. The van der Waals surface area contributed by atoms with Gasteiger partial charge in [0.2, 0.25) is 13.6 Å². The van der Waals surface area contributed by atoms with Gasteiger partial charge in [-0.05, 0) is 50.2 Å². The Bertz CT molecular complexity index is 941. The molecule has 156 valence electrons. The Hall–Kier alpha value is -3.42. The molecule has 3 heterocycles. The van der Waals surface area contributed by atoms with E-state index in [0.29, 0.717) is 47.2 Å². The lowest BCUT2D eigenvalue weighted by molar-refractivity contribution is 0.0270. The molecule has 0 aliphatic carbocycles. The summed E-state index contributed by atoms with van der Waals surface area (Å²) in [6.07, 6.45) is 0. The molecule has 0 bridgehead atoms. The molecule has 0 N–H and O–H groups in total. The van der Waals surface area contributed by atoms with Gasteiger partial charge in [0.25, 0.3) is 11.8 Å². The molecule has 2 aromatic carbocycles. The lowest BCUT2D eigenvalue weighted by Gasteiger charge is -2.44. The van der Waals surface area contributed by atoms with E-state index in [1.807, 2.05) is 23.6 Å². The number of carbonyl (C=O) groups is 2. The number of hydrogen-bond donors (Lipinski definition) is 0. The van der Waals surface area contributed by atoms with Crippen molar-refractivity contribution in [1.29, 1.82) is 0 Å². The first-order valence-electron chi connectivity index (χ1n) is 9.92. The molecule has 1 saturated heterocycles. The molecular weight excluding hydrogens is 388 g/mol. The topological polar surface area (TPSA) is 77.5 Å². The standard InChI is InChI=1S/C22H22N2O6/c1-13-9-24(22(26)16-4-6-18-20(8-16)30-12-28-18)14(2)10-23(13)21(25)15-3-5-17-19(7-15)29-11-27-17/h3-8,13-14H,9-12H2,1-2H3. The number of carbonyl (C=O) groups excluding carboxylic acids is 2. The van der Waals surface area contributed by atoms with E-state index < -0.39 is 0 Å². The van der Waals surface area contributed by atoms with Gasteiger partial charge >= 0.3 is 0 Å². The second-order valence-electron chi connectivity index (χ2n) is 7.75. The molecule has 0 aromatic heterocycles. The van der Waals surface area contributed by atoms with Crippen molar-refractivity contribution in [3.63, 3.8) is 0 Å². The zero-order chi connectivity index (χ0) is 20.8. The molecule has 2 amide bonds. The molecule has 5 rings (SSSR count). The van der Waals surface area contributed by atoms with Crippen LogP contribution in [-0.4, -0.2) is 60.4 Å². The van der Waals surface area contributed by atoms with Gasteiger partial charge in [-0.25, -0.2) is 0 Å². The van der Waals surface area contributed by atoms with Crippen molar-refractivity contribution >= 4 is 11.8 Å². The normalized spacial score (nSPS) is 21.7. The largest absolute Gasteiger partial charge is 0.454 e. The maximum Gasteiger partial charge on any atom is 0.254 e. The van der Waals surface area contributed by atoms with Gasteiger partial charge in [-0.1, -0.05) is 0 Å². The Labute approximate surface area is 173 Å². The lowest BCUT2D eigenvalue weighted by atomic mass is 10.0. The number of fused-ring (bicyclic) bond motifs is 2. The van der Waals surface area contributed by atoms with E-state index in [4.69, 9.17) is 18.9 Å². The quantitative estimate of drug-likeness (QED) is 0.757. The summed E-state index contributed by atoms with van der Waals surface area (Å²) < 4.78 is 21.4. The molecular formula is C22H22N2O6. The average molecular weight is 410 g/mol. The Morgan fingerprint density at radius 3 is 1.53 bits per heavy atom. The SMILES string of the molecule is CC1CN(C(=O)c2ccc3c(c2)OCO3)C(C)CN1C(=O)c1ccc2c(c1)OCO2. The van der Waals surface area contributed by atoms with Gasteiger partial charge in [-0.3, -0.25) is 9.59 Å². The van der Waals surface area contributed by atoms with Crippen LogP contribution in [0.25, 0.3) is 0 Å². The lowest BCUT2D eigenvalue weighted by Crippen LogP contribution is -2.59. The minimum Gasteiger partial charge on any atom is -0.454 e. The molecule has 3 aliphatic rings. The number of amides is 2. The van der Waals surface area contributed by atoms with E-state index in [0.717, 1.165) is 0 Å². The minimum absolute atomic E-state index is 0.0807. The van der Waals surface area contributed by atoms with Crippen molar-refractivity contribution in [2.45, 2.75) is 25.9 Å². The Kier molecular flexibility index (Phi) is 4.42. The molecule has 30 heavy (non-hydrogen) atoms. The van der Waals surface area contributed by atoms with E-state index in [-0.39, 0.29) is 37.5 Å². The fraction of sp³-hybridized carbons (Fsp3) is 0.364. The van der Waals surface area contributed by atoms with Crippen molar-refractivity contribution in [2.75, 3.05) is 26.7 Å². The molecule has 2 aromatic rings. The molecule has 8 nitrogen and oxygen atoms in total. The number of ether oxygens (including phenoxy) is 4. The van der Waals surface area contributed by atoms with Crippen molar-refractivity contribution < 1.29 is 28.5 Å². The van der Waals surface area contributed by atoms with E-state index in [1.165, 1.54) is 0 Å². The predicted molar refractivity (Wildman–Crippen MR) is 106 cm³/mol. The summed E-state index contributed by atoms with van der Waals surface area (Å²) in [5, 5.41) is 0. The van der Waals surface area contributed by atoms with E-state index in [2.05, 4.69) is 0 Å². The van der Waals surface area contributed by atoms with Crippen LogP contribution in [0.15, 0.2) is 36.4 Å². The van der Waals surface area contributed by atoms with Gasteiger partial charge in [-0.2, -0.15) is 0 Å². The zero-order valence-corrected chi connectivity index (χ0v) is 16.8. The van der Waals surface area contributed by atoms with Crippen LogP contribution >= 0.6 is 0 Å². The molecule has 2 atom stereocenters. The zero-order valence-electron chi connectivity index (χ0n) is 16.8. The van der Waals surface area contributed by atoms with Gasteiger partial charge < -0.3 is 28.7 Å². The van der Waals surface area contributed by atoms with E-state index in [9.17, 15) is 9.59 Å². The first-order valence-corrected chi connectivity index (χ1v) is 9.92. The highest BCUT2D eigenvalue weighted by molar-refractivity contribution is 5.97. The number of piperazine rings is 1. The van der Waals surface area contributed by atoms with E-state index >= 15 is 0 Å². The first kappa shape index (κ1) is 18.6. The molecule has 0 spiro atoms. The summed E-state index contributed by atoms with van der Waals surface area (Å²) in [7, 11) is 0. The fourth-order valence-corrected chi connectivity index (χ4v) is 4.08. The van der Waals surface area contributed by atoms with Gasteiger partial charge in [0, 0.05) is 36.3 Å². The third-order valence-corrected chi connectivity index (χ3v) is 5.75. The van der Waals surface area contributed by atoms with Crippen LogP contribution in [0.3, 0.4) is 0 Å². The molecule has 1 fully saturated rings. The van der Waals surface area contributed by atoms with Gasteiger partial charge in [0.1, 0.15) is 0 Å². The monoisotopic (exact) mass is 410 g/mol. The van der Waals surface area contributed by atoms with Crippen LogP contribution in [-0.2, 0) is 0 Å². The predicted octanol–water partition coefficient (Wildman–Crippen LogP) is 2.52. The van der Waals surface area contributed by atoms with Crippen molar-refractivity contribution in [1.82, 2.24) is 9.80 Å². The number of hydrogen-bond acceptors (Lipinski definition) is 6. The van der Waals surface area contributed by atoms with Crippen LogP contribution < -0.4 is 18.9 Å². The summed E-state index contributed by atoms with van der Waals surface area (Å²) in [4.78, 5) is 29.9. The summed E-state index contributed by atoms with van der Waals surface area (Å²) in [6, 6.07) is 10.2. The second-order valence-corrected chi connectivity index (χ2v) is 7.75. The Balaban J connectivity index is 1.32. The molecule has 0 radical (unpaired) electrons. The maximum atomic E-state index is 13.1. The smallest absolute Gasteiger partial charge is 0.254 e. The summed E-state index contributed by atoms with van der Waals surface area (Å²) in [6.45, 7) is 5.14. The molecule has 8 heteroatoms. The minimum atomic E-state index is -0.128. The number of nitrogens with zero attached hydrogens (tertiary/aromatic N) is 2. The van der Waals surface area contributed by atoms with Crippen molar-refractivity contribution in [3.8, 4) is 23.0 Å². The molecule has 0 saturated carbocycles. The van der Waals surface area contributed by atoms with Gasteiger partial charge in [0.05, 0.1) is 0 Å². The maximum absolute atomic E-state index is 13.1. The summed E-state index contributed by atoms with van der Waals surface area (Å²) in [5.41, 5.74) is 1.10. The van der Waals surface area contributed by atoms with Crippen LogP contribution in [0.4, 0.5) is 0 Å². The summed E-state index contributed by atoms with van der Waals surface area (Å²) in [5.74, 6) is 2.29. The van der Waals surface area contributed by atoms with Crippen molar-refractivity contribution in [3.05, 3.63) is 47.5 Å². The van der Waals surface area contributed by atoms with Crippen LogP contribution in [0.1, 0.15) is 34.6 Å². The summed E-state index contributed by atoms with van der Waals surface area (Å²) >= 11 is 0. The molecule has 2 unspecified atom stereocenters. The third kappa shape index (κ3) is 3.08. The highest BCUT2D eigenvalue weighted by atomic mass is 16.7. The van der Waals surface area contributed by atoms with Crippen molar-refractivity contribution in [2.24, 2.45) is 0 Å². The van der Waals surface area contributed by atoms with Crippen LogP contribution in [0.5, 0.6) is 23.0 Å². The van der Waals surface area contributed by atoms with Gasteiger partial charge in [0.15, 0.2) is 23.0 Å². The highest BCUT2D eigenvalue weighted by Crippen LogP contribution is 2.34. The van der Waals surface area contributed by atoms with Crippen LogP contribution in [0.2, 0.25) is 0 Å². The highest BCUT2D eigenvalue weighted by Gasteiger charge is 2.36. The number of benzene rings is 2. The fourth-order valence-electron chi connectivity index (χ4n) is 4.08. The molecule has 3 aliphatic heterocycles. The van der Waals surface area contributed by atoms with Gasteiger partial charge in [-0.15, -0.1) is 0 Å². The average Bonchev–Trinajstić information content (AvgIpc) is 3.42. The number of rotatable bonds is 2. The Morgan fingerprint density at radius 2 is 1.10 bits per heavy atom. The third-order valence-electron chi connectivity index (χ3n) is 5.75. The Morgan fingerprint density at radius 1 is 0.700 bits per heavy atom. The first-order chi connectivity index (χ1) is 14.5. The van der Waals surface area contributed by atoms with E-state index in [1.54, 1.807) is 36.4 Å². The van der Waals surface area contributed by atoms with Crippen LogP contribution in [0, 0.1) is 0 Å².